The summed E-state index contributed by atoms with van der Waals surface area (Å²) >= 11 is 1.85. The molecule has 0 saturated carbocycles. The first-order valence-electron chi connectivity index (χ1n) is 6.54. The van der Waals surface area contributed by atoms with Gasteiger partial charge in [-0.05, 0) is 51.3 Å². The molecule has 0 aromatic carbocycles. The van der Waals surface area contributed by atoms with Gasteiger partial charge >= 0.3 is 0 Å². The Morgan fingerprint density at radius 2 is 2.06 bits per heavy atom. The van der Waals surface area contributed by atoms with Crippen molar-refractivity contribution < 1.29 is 0 Å². The van der Waals surface area contributed by atoms with Crippen LogP contribution in [0.2, 0.25) is 0 Å². The molecule has 1 rings (SSSR count). The predicted octanol–water partition coefficient (Wildman–Crippen LogP) is 3.38. The predicted molar refractivity (Wildman–Crippen MR) is 77.7 cm³/mol. The summed E-state index contributed by atoms with van der Waals surface area (Å²) in [7, 11) is 2.23. The van der Waals surface area contributed by atoms with E-state index in [1.165, 1.54) is 4.88 Å². The van der Waals surface area contributed by atoms with Crippen LogP contribution in [0.3, 0.4) is 0 Å². The molecular formula is C14H26N2S. The lowest BCUT2D eigenvalue weighted by molar-refractivity contribution is 0.152. The molecule has 0 radical (unpaired) electrons. The van der Waals surface area contributed by atoms with Crippen molar-refractivity contribution in [2.75, 3.05) is 20.1 Å². The molecule has 0 saturated heterocycles. The van der Waals surface area contributed by atoms with E-state index in [0.29, 0.717) is 18.0 Å². The van der Waals surface area contributed by atoms with Gasteiger partial charge in [0.2, 0.25) is 0 Å². The Balaban J connectivity index is 2.53. The highest BCUT2D eigenvalue weighted by atomic mass is 32.1. The van der Waals surface area contributed by atoms with Crippen molar-refractivity contribution in [2.45, 2.75) is 39.8 Å². The SMILES string of the molecule is CCNCC(C)C(C)N(C)C(C)c1cccs1. The first-order valence-corrected chi connectivity index (χ1v) is 7.41. The van der Waals surface area contributed by atoms with Gasteiger partial charge in [0.1, 0.15) is 0 Å². The van der Waals surface area contributed by atoms with Crippen LogP contribution < -0.4 is 5.32 Å². The van der Waals surface area contributed by atoms with Crippen LogP contribution in [-0.4, -0.2) is 31.1 Å². The minimum absolute atomic E-state index is 0.508. The maximum Gasteiger partial charge on any atom is 0.0413 e. The first kappa shape index (κ1) is 14.7. The Morgan fingerprint density at radius 1 is 1.35 bits per heavy atom. The smallest absolute Gasteiger partial charge is 0.0413 e. The number of hydrogen-bond acceptors (Lipinski definition) is 3. The lowest BCUT2D eigenvalue weighted by Gasteiger charge is -2.34. The monoisotopic (exact) mass is 254 g/mol. The molecule has 0 aliphatic rings. The van der Waals surface area contributed by atoms with Crippen LogP contribution >= 0.6 is 11.3 Å². The molecule has 1 heterocycles. The van der Waals surface area contributed by atoms with Gasteiger partial charge in [0.05, 0.1) is 0 Å². The van der Waals surface area contributed by atoms with Crippen molar-refractivity contribution in [3.63, 3.8) is 0 Å². The maximum absolute atomic E-state index is 3.43. The molecule has 0 amide bonds. The molecule has 1 aromatic rings. The zero-order valence-corrected chi connectivity index (χ0v) is 12.6. The summed E-state index contributed by atoms with van der Waals surface area (Å²) in [5, 5.41) is 5.59. The third kappa shape index (κ3) is 4.09. The molecule has 17 heavy (non-hydrogen) atoms. The Bertz CT molecular complexity index is 297. The summed E-state index contributed by atoms with van der Waals surface area (Å²) in [6, 6.07) is 5.46. The van der Waals surface area contributed by atoms with Gasteiger partial charge < -0.3 is 5.32 Å². The van der Waals surface area contributed by atoms with Crippen LogP contribution in [-0.2, 0) is 0 Å². The van der Waals surface area contributed by atoms with Crippen LogP contribution in [0.15, 0.2) is 17.5 Å². The largest absolute Gasteiger partial charge is 0.317 e. The van der Waals surface area contributed by atoms with E-state index < -0.39 is 0 Å². The van der Waals surface area contributed by atoms with Crippen LogP contribution in [0.5, 0.6) is 0 Å². The van der Waals surface area contributed by atoms with Crippen LogP contribution in [0, 0.1) is 5.92 Å². The lowest BCUT2D eigenvalue weighted by atomic mass is 10.0. The maximum atomic E-state index is 3.43. The lowest BCUT2D eigenvalue weighted by Crippen LogP contribution is -2.40. The summed E-state index contributed by atoms with van der Waals surface area (Å²) in [6.07, 6.45) is 0. The van der Waals surface area contributed by atoms with Crippen molar-refractivity contribution in [3.05, 3.63) is 22.4 Å². The van der Waals surface area contributed by atoms with Gasteiger partial charge in [-0.25, -0.2) is 0 Å². The highest BCUT2D eigenvalue weighted by Gasteiger charge is 2.22. The minimum Gasteiger partial charge on any atom is -0.317 e. The summed E-state index contributed by atoms with van der Waals surface area (Å²) < 4.78 is 0. The van der Waals surface area contributed by atoms with Crippen LogP contribution in [0.4, 0.5) is 0 Å². The topological polar surface area (TPSA) is 15.3 Å². The van der Waals surface area contributed by atoms with Gasteiger partial charge in [0.25, 0.3) is 0 Å². The molecule has 1 aromatic heterocycles. The molecule has 1 N–H and O–H groups in total. The fraction of sp³-hybridized carbons (Fsp3) is 0.714. The first-order chi connectivity index (χ1) is 8.07. The van der Waals surface area contributed by atoms with Crippen molar-refractivity contribution >= 4 is 11.3 Å². The molecule has 0 fully saturated rings. The van der Waals surface area contributed by atoms with Gasteiger partial charge in [-0.3, -0.25) is 4.90 Å². The number of nitrogens with zero attached hydrogens (tertiary/aromatic N) is 1. The number of rotatable bonds is 7. The van der Waals surface area contributed by atoms with Crippen molar-refractivity contribution in [1.82, 2.24) is 10.2 Å². The molecule has 2 nitrogen and oxygen atoms in total. The Hall–Kier alpha value is -0.380. The van der Waals surface area contributed by atoms with Crippen molar-refractivity contribution in [1.29, 1.82) is 0 Å². The van der Waals surface area contributed by atoms with E-state index in [1.807, 2.05) is 11.3 Å². The highest BCUT2D eigenvalue weighted by molar-refractivity contribution is 7.10. The van der Waals surface area contributed by atoms with E-state index in [1.54, 1.807) is 0 Å². The molecule has 3 heteroatoms. The third-order valence-corrected chi connectivity index (χ3v) is 4.79. The summed E-state index contributed by atoms with van der Waals surface area (Å²) in [5.74, 6) is 0.669. The van der Waals surface area contributed by atoms with Crippen molar-refractivity contribution in [2.24, 2.45) is 5.92 Å². The van der Waals surface area contributed by atoms with E-state index in [9.17, 15) is 0 Å². The van der Waals surface area contributed by atoms with Gasteiger partial charge in [0, 0.05) is 17.0 Å². The molecule has 98 valence electrons. The van der Waals surface area contributed by atoms with Gasteiger partial charge in [-0.15, -0.1) is 11.3 Å². The fourth-order valence-electron chi connectivity index (χ4n) is 2.03. The number of thiophene rings is 1. The second-order valence-electron chi connectivity index (χ2n) is 4.88. The Kier molecular flexibility index (Phi) is 6.17. The molecular weight excluding hydrogens is 228 g/mol. The average molecular weight is 254 g/mol. The Labute approximate surface area is 110 Å². The standard InChI is InChI=1S/C14H26N2S/c1-6-15-10-11(2)12(3)16(5)13(4)14-8-7-9-17-14/h7-9,11-13,15H,6,10H2,1-5H3. The van der Waals surface area contributed by atoms with E-state index >= 15 is 0 Å². The van der Waals surface area contributed by atoms with Gasteiger partial charge in [-0.1, -0.05) is 19.9 Å². The molecule has 3 atom stereocenters. The molecule has 0 aliphatic carbocycles. The molecule has 3 unspecified atom stereocenters. The highest BCUT2D eigenvalue weighted by Crippen LogP contribution is 2.26. The van der Waals surface area contributed by atoms with Crippen LogP contribution in [0.1, 0.15) is 38.6 Å². The zero-order valence-electron chi connectivity index (χ0n) is 11.7. The number of nitrogens with one attached hydrogen (secondary N) is 1. The van der Waals surface area contributed by atoms with E-state index in [-0.39, 0.29) is 0 Å². The van der Waals surface area contributed by atoms with Gasteiger partial charge in [-0.2, -0.15) is 0 Å². The molecule has 0 bridgehead atoms. The molecule has 0 aliphatic heterocycles. The average Bonchev–Trinajstić information content (AvgIpc) is 2.86. The second kappa shape index (κ2) is 7.14. The second-order valence-corrected chi connectivity index (χ2v) is 5.86. The fourth-order valence-corrected chi connectivity index (χ4v) is 2.86. The summed E-state index contributed by atoms with van der Waals surface area (Å²) in [5.41, 5.74) is 0. The van der Waals surface area contributed by atoms with E-state index in [0.717, 1.165) is 13.1 Å². The zero-order chi connectivity index (χ0) is 12.8. The van der Waals surface area contributed by atoms with E-state index in [4.69, 9.17) is 0 Å². The quantitative estimate of drug-likeness (QED) is 0.802. The van der Waals surface area contributed by atoms with Crippen molar-refractivity contribution in [3.8, 4) is 0 Å². The molecule has 0 spiro atoms. The summed E-state index contributed by atoms with van der Waals surface area (Å²) in [4.78, 5) is 3.93. The van der Waals surface area contributed by atoms with E-state index in [2.05, 4.69) is 62.5 Å². The number of hydrogen-bond donors (Lipinski definition) is 1. The van der Waals surface area contributed by atoms with Gasteiger partial charge in [0.15, 0.2) is 0 Å². The normalized spacial score (nSPS) is 17.1. The Morgan fingerprint density at radius 3 is 2.59 bits per heavy atom. The minimum atomic E-state index is 0.508. The summed E-state index contributed by atoms with van der Waals surface area (Å²) in [6.45, 7) is 11.3. The van der Waals surface area contributed by atoms with Crippen LogP contribution in [0.25, 0.3) is 0 Å². The third-order valence-electron chi connectivity index (χ3n) is 3.75.